The predicted molar refractivity (Wildman–Crippen MR) is 203 cm³/mol. The van der Waals surface area contributed by atoms with Crippen LogP contribution in [-0.2, 0) is 38.0 Å². The Balaban J connectivity index is 1.26. The van der Waals surface area contributed by atoms with Gasteiger partial charge in [0.15, 0.2) is 12.1 Å². The molecule has 55 heavy (non-hydrogen) atoms. The molecule has 12 heteroatoms. The van der Waals surface area contributed by atoms with Crippen LogP contribution < -0.4 is 0 Å². The number of esters is 1. The largest absolute Gasteiger partial charge is 0.462 e. The molecule has 0 unspecified atom stereocenters. The predicted octanol–water partition coefficient (Wildman–Crippen LogP) is 5.85. The van der Waals surface area contributed by atoms with Crippen LogP contribution in [-0.4, -0.2) is 107 Å². The summed E-state index contributed by atoms with van der Waals surface area (Å²) in [5.74, 6) is -2.30. The first-order chi connectivity index (χ1) is 26.4. The summed E-state index contributed by atoms with van der Waals surface area (Å²) in [5.41, 5.74) is 0.299. The van der Waals surface area contributed by atoms with E-state index in [1.165, 1.54) is 19.3 Å². The second-order valence-electron chi connectivity index (χ2n) is 17.0. The van der Waals surface area contributed by atoms with Gasteiger partial charge in [0, 0.05) is 38.2 Å². The van der Waals surface area contributed by atoms with E-state index in [2.05, 4.69) is 31.2 Å². The van der Waals surface area contributed by atoms with Crippen molar-refractivity contribution in [2.24, 2.45) is 28.8 Å². The molecule has 3 saturated heterocycles. The van der Waals surface area contributed by atoms with Crippen LogP contribution >= 0.6 is 0 Å². The number of allylic oxidation sites excluding steroid dienone is 2. The van der Waals surface area contributed by atoms with Gasteiger partial charge in [-0.15, -0.1) is 0 Å². The van der Waals surface area contributed by atoms with Gasteiger partial charge in [0.2, 0.25) is 0 Å². The summed E-state index contributed by atoms with van der Waals surface area (Å²) in [6, 6.07) is 0. The number of fused-ring (bicyclic) bond motifs is 2. The SMILES string of the molecule is CO[C@H]1C[C@H](O[C@@H]2C(C)=CC[C@@H]3C[C@@H](C[C@]4(C=C[C@H](C)[C@@H](C5CCCCC5)O4)O3)OC(=O)[C@@H]3C=C(C)/C(=N\O)[C@H]4OCC(=CC=C[C@@H]2C)[C@]43O)O[C@@H](C)[C@@H]1O. The molecule has 3 N–H and O–H groups in total. The molecule has 0 amide bonds. The first-order valence-corrected chi connectivity index (χ1v) is 20.4. The molecule has 304 valence electrons. The van der Waals surface area contributed by atoms with Gasteiger partial charge >= 0.3 is 5.97 Å². The second-order valence-corrected chi connectivity index (χ2v) is 17.0. The number of hydrogen-bond donors (Lipinski definition) is 3. The molecular formula is C43H61NO11. The van der Waals surface area contributed by atoms with E-state index in [-0.39, 0.29) is 36.4 Å². The molecule has 5 aliphatic heterocycles. The fraction of sp³-hybridized carbons (Fsp3) is 0.721. The average molecular weight is 768 g/mol. The van der Waals surface area contributed by atoms with Crippen molar-refractivity contribution in [1.29, 1.82) is 0 Å². The Hall–Kier alpha value is -2.68. The number of hydrogen-bond acceptors (Lipinski definition) is 12. The summed E-state index contributed by atoms with van der Waals surface area (Å²) in [4.78, 5) is 14.4. The summed E-state index contributed by atoms with van der Waals surface area (Å²) >= 11 is 0. The minimum absolute atomic E-state index is 0.0156. The lowest BCUT2D eigenvalue weighted by molar-refractivity contribution is -0.301. The third kappa shape index (κ3) is 8.08. The highest BCUT2D eigenvalue weighted by molar-refractivity contribution is 6.06. The van der Waals surface area contributed by atoms with Crippen LogP contribution in [0.15, 0.2) is 64.4 Å². The third-order valence-corrected chi connectivity index (χ3v) is 13.1. The van der Waals surface area contributed by atoms with Crippen LogP contribution in [0.4, 0.5) is 0 Å². The summed E-state index contributed by atoms with van der Waals surface area (Å²) in [6.45, 7) is 9.87. The van der Waals surface area contributed by atoms with Gasteiger partial charge in [0.05, 0.1) is 37.1 Å². The molecule has 4 fully saturated rings. The number of nitrogens with zero attached hydrogens (tertiary/aromatic N) is 1. The van der Waals surface area contributed by atoms with Crippen molar-refractivity contribution in [2.45, 2.75) is 159 Å². The zero-order chi connectivity index (χ0) is 39.1. The minimum Gasteiger partial charge on any atom is -0.462 e. The highest BCUT2D eigenvalue weighted by Gasteiger charge is 2.60. The standard InChI is InChI=1S/C43H61NO11/c1-24-11-10-14-30-23-50-40-36(44-48)27(4)19-33(43(30,40)47)41(46)52-32-20-31(16-15-25(2)38(24)53-35-21-34(49-6)37(45)28(5)51-35)54-42(22-32)18-17-26(3)39(55-42)29-12-8-7-9-13-29/h10-11,14-15,17-19,24,26,28-29,31-35,37-40,45,47-48H,7-9,12-13,16,20-23H2,1-6H3/b11-10?,25-15?,30-14?,44-36+/t24-,26-,28-,31+,32-,33-,34-,35-,37-,38-,39-,40+,42+,43+/m0/s1. The summed E-state index contributed by atoms with van der Waals surface area (Å²) in [6.07, 6.45) is 16.4. The van der Waals surface area contributed by atoms with E-state index < -0.39 is 66.2 Å². The van der Waals surface area contributed by atoms with E-state index in [4.69, 9.17) is 33.2 Å². The maximum Gasteiger partial charge on any atom is 0.316 e. The van der Waals surface area contributed by atoms with E-state index in [1.54, 1.807) is 26.2 Å². The van der Waals surface area contributed by atoms with Crippen molar-refractivity contribution in [3.8, 4) is 0 Å². The topological polar surface area (TPSA) is 155 Å². The van der Waals surface area contributed by atoms with Gasteiger partial charge in [-0.2, -0.15) is 0 Å². The van der Waals surface area contributed by atoms with Crippen molar-refractivity contribution >= 4 is 11.7 Å². The highest BCUT2D eigenvalue weighted by Crippen LogP contribution is 2.47. The van der Waals surface area contributed by atoms with Crippen molar-refractivity contribution in [2.75, 3.05) is 13.7 Å². The van der Waals surface area contributed by atoms with Gasteiger partial charge in [-0.3, -0.25) is 4.79 Å². The zero-order valence-corrected chi connectivity index (χ0v) is 33.2. The van der Waals surface area contributed by atoms with Crippen molar-refractivity contribution in [3.05, 3.63) is 59.3 Å². The Morgan fingerprint density at radius 3 is 2.53 bits per heavy atom. The smallest absolute Gasteiger partial charge is 0.316 e. The number of oxime groups is 1. The van der Waals surface area contributed by atoms with Crippen LogP contribution in [0, 0.1) is 23.7 Å². The summed E-state index contributed by atoms with van der Waals surface area (Å²) in [7, 11) is 1.58. The molecule has 7 rings (SSSR count). The molecule has 5 heterocycles. The number of aliphatic hydroxyl groups is 2. The fourth-order valence-corrected chi connectivity index (χ4v) is 9.99. The van der Waals surface area contributed by atoms with Crippen LogP contribution in [0.25, 0.3) is 0 Å². The lowest BCUT2D eigenvalue weighted by Gasteiger charge is -2.49. The van der Waals surface area contributed by atoms with E-state index >= 15 is 0 Å². The van der Waals surface area contributed by atoms with Crippen LogP contribution in [0.1, 0.15) is 92.4 Å². The van der Waals surface area contributed by atoms with Gasteiger partial charge in [-0.25, -0.2) is 0 Å². The average Bonchev–Trinajstić information content (AvgIpc) is 3.50. The van der Waals surface area contributed by atoms with E-state index in [0.29, 0.717) is 42.7 Å². The lowest BCUT2D eigenvalue weighted by atomic mass is 9.71. The molecule has 12 nitrogen and oxygen atoms in total. The number of ether oxygens (including phenoxy) is 7. The van der Waals surface area contributed by atoms with Crippen LogP contribution in [0.2, 0.25) is 0 Å². The minimum atomic E-state index is -1.85. The molecule has 0 radical (unpaired) electrons. The number of rotatable bonds is 4. The van der Waals surface area contributed by atoms with Crippen molar-refractivity contribution < 1.29 is 53.4 Å². The summed E-state index contributed by atoms with van der Waals surface area (Å²) in [5, 5.41) is 36.6. The summed E-state index contributed by atoms with van der Waals surface area (Å²) < 4.78 is 44.9. The highest BCUT2D eigenvalue weighted by atomic mass is 16.7. The van der Waals surface area contributed by atoms with Crippen molar-refractivity contribution in [3.63, 3.8) is 0 Å². The van der Waals surface area contributed by atoms with E-state index in [1.807, 2.05) is 32.1 Å². The molecular weight excluding hydrogens is 706 g/mol. The molecule has 1 saturated carbocycles. The van der Waals surface area contributed by atoms with Crippen LogP contribution in [0.3, 0.4) is 0 Å². The molecule has 7 aliphatic rings. The molecule has 2 aliphatic carbocycles. The van der Waals surface area contributed by atoms with Gasteiger partial charge in [-0.1, -0.05) is 74.7 Å². The molecule has 14 atom stereocenters. The quantitative estimate of drug-likeness (QED) is 0.137. The Kier molecular flexibility index (Phi) is 12.3. The Labute approximate surface area is 325 Å². The number of carbonyl (C=O) groups is 1. The third-order valence-electron chi connectivity index (χ3n) is 13.1. The van der Waals surface area contributed by atoms with E-state index in [9.17, 15) is 20.2 Å². The zero-order valence-electron chi connectivity index (χ0n) is 33.2. The van der Waals surface area contributed by atoms with Crippen molar-refractivity contribution in [1.82, 2.24) is 0 Å². The number of aliphatic hydroxyl groups excluding tert-OH is 1. The van der Waals surface area contributed by atoms with Gasteiger partial charge in [0.25, 0.3) is 0 Å². The first-order valence-electron chi connectivity index (χ1n) is 20.4. The monoisotopic (exact) mass is 767 g/mol. The van der Waals surface area contributed by atoms with Gasteiger partial charge < -0.3 is 48.6 Å². The fourth-order valence-electron chi connectivity index (χ4n) is 9.99. The normalized spacial score (nSPS) is 45.1. The molecule has 0 aromatic rings. The van der Waals surface area contributed by atoms with Gasteiger partial charge in [0.1, 0.15) is 35.5 Å². The van der Waals surface area contributed by atoms with E-state index in [0.717, 1.165) is 18.4 Å². The Morgan fingerprint density at radius 2 is 1.78 bits per heavy atom. The second kappa shape index (κ2) is 16.7. The molecule has 1 spiro atoms. The Bertz CT molecular complexity index is 1600. The molecule has 0 aromatic carbocycles. The Morgan fingerprint density at radius 1 is 1.00 bits per heavy atom. The van der Waals surface area contributed by atoms with Gasteiger partial charge in [-0.05, 0) is 68.7 Å². The lowest BCUT2D eigenvalue weighted by Crippen LogP contribution is -2.57. The molecule has 2 bridgehead atoms. The number of carbonyl (C=O) groups excluding carboxylic acids is 1. The maximum atomic E-state index is 14.4. The first kappa shape index (κ1) is 40.5. The van der Waals surface area contributed by atoms with Crippen LogP contribution in [0.5, 0.6) is 0 Å². The maximum absolute atomic E-state index is 14.4. The number of methoxy groups -OCH3 is 1. The molecule has 0 aromatic heterocycles.